The summed E-state index contributed by atoms with van der Waals surface area (Å²) in [5.74, 6) is -0.630. The average molecular weight is 275 g/mol. The normalized spacial score (nSPS) is 9.25. The molecule has 0 saturated carbocycles. The highest BCUT2D eigenvalue weighted by Crippen LogP contribution is 2.10. The fourth-order valence-electron chi connectivity index (χ4n) is 1.32. The number of carboxylic acid groups (broad SMARTS) is 1. The Kier molecular flexibility index (Phi) is 5.16. The van der Waals surface area contributed by atoms with Gasteiger partial charge in [0.25, 0.3) is 11.5 Å². The smallest absolute Gasteiger partial charge is 0.270 e. The molecular formula is C13H13N3O4. The van der Waals surface area contributed by atoms with E-state index in [1.807, 2.05) is 25.3 Å². The van der Waals surface area contributed by atoms with E-state index < -0.39 is 10.9 Å². The van der Waals surface area contributed by atoms with Crippen molar-refractivity contribution >= 4 is 17.5 Å². The first-order chi connectivity index (χ1) is 9.40. The number of pyridine rings is 1. The van der Waals surface area contributed by atoms with Gasteiger partial charge in [0.1, 0.15) is 0 Å². The first-order valence-electron chi connectivity index (χ1n) is 5.60. The molecule has 0 bridgehead atoms. The van der Waals surface area contributed by atoms with Crippen LogP contribution in [-0.4, -0.2) is 10.9 Å². The maximum atomic E-state index is 10.2. The molecule has 0 saturated heterocycles. The number of hydrogen-bond acceptors (Lipinski definition) is 5. The molecule has 0 radical (unpaired) electrons. The zero-order valence-electron chi connectivity index (χ0n) is 10.7. The minimum absolute atomic E-state index is 0.0689. The number of aryl methyl sites for hydroxylation is 1. The lowest BCUT2D eigenvalue weighted by molar-refractivity contribution is -0.384. The molecule has 1 aromatic carbocycles. The standard InChI is InChI=1S/C7H5NO4.C6H8N2/c9-7(10)5-1-3-6(4-2-5)8(11)12;1-5-2-3-8-6(7)4-5/h1-4H,(H,9,10);2-4H,1H3,(H2,7,8). The third kappa shape index (κ3) is 4.73. The Bertz CT molecular complexity index is 561. The van der Waals surface area contributed by atoms with E-state index in [0.717, 1.165) is 24.3 Å². The van der Waals surface area contributed by atoms with Crippen LogP contribution in [-0.2, 0) is 0 Å². The van der Waals surface area contributed by atoms with Crippen LogP contribution in [0.3, 0.4) is 0 Å². The van der Waals surface area contributed by atoms with E-state index in [1.165, 1.54) is 5.56 Å². The zero-order chi connectivity index (χ0) is 15.1. The van der Waals surface area contributed by atoms with Crippen molar-refractivity contribution in [2.24, 2.45) is 0 Å². The van der Waals surface area contributed by atoms with Crippen molar-refractivity contribution in [3.05, 3.63) is 63.8 Å². The second-order valence-corrected chi connectivity index (χ2v) is 3.91. The lowest BCUT2D eigenvalue weighted by Gasteiger charge is -1.99. The first kappa shape index (κ1) is 15.1. The Labute approximate surface area is 114 Å². The van der Waals surface area contributed by atoms with E-state index >= 15 is 0 Å². The summed E-state index contributed by atoms with van der Waals surface area (Å²) in [7, 11) is 0. The summed E-state index contributed by atoms with van der Waals surface area (Å²) in [6, 6.07) is 8.35. The maximum absolute atomic E-state index is 10.2. The lowest BCUT2D eigenvalue weighted by atomic mass is 10.2. The van der Waals surface area contributed by atoms with E-state index in [2.05, 4.69) is 4.98 Å². The summed E-state index contributed by atoms with van der Waals surface area (Å²) in [6.07, 6.45) is 1.82. The topological polar surface area (TPSA) is 123 Å². The Morgan fingerprint density at radius 3 is 2.20 bits per heavy atom. The van der Waals surface area contributed by atoms with Gasteiger partial charge in [-0.1, -0.05) is 0 Å². The third-order valence-electron chi connectivity index (χ3n) is 2.29. The van der Waals surface area contributed by atoms with Crippen molar-refractivity contribution in [1.82, 2.24) is 0 Å². The molecule has 20 heavy (non-hydrogen) atoms. The van der Waals surface area contributed by atoms with E-state index in [4.69, 9.17) is 5.73 Å². The Morgan fingerprint density at radius 2 is 1.85 bits per heavy atom. The highest BCUT2D eigenvalue weighted by molar-refractivity contribution is 5.85. The van der Waals surface area contributed by atoms with Crippen LogP contribution in [0.5, 0.6) is 0 Å². The maximum Gasteiger partial charge on any atom is 0.270 e. The van der Waals surface area contributed by atoms with Gasteiger partial charge in [0, 0.05) is 18.2 Å². The minimum atomic E-state index is -1.34. The molecule has 3 N–H and O–H groups in total. The van der Waals surface area contributed by atoms with Gasteiger partial charge in [-0.3, -0.25) is 15.8 Å². The van der Waals surface area contributed by atoms with Gasteiger partial charge in [0.05, 0.1) is 17.1 Å². The number of aromatic carboxylic acids is 1. The molecule has 0 atom stereocenters. The number of aromatic amines is 1. The molecule has 1 heterocycles. The minimum Gasteiger partial charge on any atom is -0.545 e. The number of carbonyl (C=O) groups is 1. The Morgan fingerprint density at radius 1 is 1.25 bits per heavy atom. The third-order valence-corrected chi connectivity index (χ3v) is 2.29. The fourth-order valence-corrected chi connectivity index (χ4v) is 1.32. The number of nitro benzene ring substituents is 1. The number of hydrogen-bond donors (Lipinski definition) is 1. The van der Waals surface area contributed by atoms with Gasteiger partial charge in [-0.05, 0) is 36.2 Å². The molecule has 0 aliphatic rings. The second kappa shape index (κ2) is 6.83. The molecule has 0 unspecified atom stereocenters. The van der Waals surface area contributed by atoms with E-state index in [1.54, 1.807) is 0 Å². The molecule has 0 aliphatic carbocycles. The molecule has 2 rings (SSSR count). The van der Waals surface area contributed by atoms with Crippen molar-refractivity contribution in [2.75, 3.05) is 5.73 Å². The van der Waals surface area contributed by atoms with Crippen molar-refractivity contribution in [3.8, 4) is 0 Å². The van der Waals surface area contributed by atoms with Crippen LogP contribution in [0.4, 0.5) is 11.5 Å². The quantitative estimate of drug-likeness (QED) is 0.625. The summed E-state index contributed by atoms with van der Waals surface area (Å²) in [5, 5.41) is 20.3. The molecule has 7 heteroatoms. The largest absolute Gasteiger partial charge is 0.545 e. The molecule has 0 fully saturated rings. The number of nitrogens with two attached hydrogens (primary N) is 1. The molecule has 0 spiro atoms. The number of benzene rings is 1. The van der Waals surface area contributed by atoms with Crippen LogP contribution in [0, 0.1) is 17.0 Å². The van der Waals surface area contributed by atoms with Crippen LogP contribution >= 0.6 is 0 Å². The highest BCUT2D eigenvalue weighted by Gasteiger charge is 2.03. The summed E-state index contributed by atoms with van der Waals surface area (Å²) >= 11 is 0. The SMILES string of the molecule is Cc1cc[nH+]c(N)c1.O=C([O-])c1ccc([N+](=O)[O-])cc1. The van der Waals surface area contributed by atoms with Gasteiger partial charge >= 0.3 is 0 Å². The van der Waals surface area contributed by atoms with E-state index in [0.29, 0.717) is 5.82 Å². The molecule has 0 amide bonds. The predicted octanol–water partition coefficient (Wildman–Crippen LogP) is 0.350. The fraction of sp³-hybridized carbons (Fsp3) is 0.0769. The predicted molar refractivity (Wildman–Crippen MR) is 69.6 cm³/mol. The molecular weight excluding hydrogens is 262 g/mol. The van der Waals surface area contributed by atoms with Crippen LogP contribution in [0.2, 0.25) is 0 Å². The van der Waals surface area contributed by atoms with Crippen LogP contribution < -0.4 is 15.8 Å². The molecule has 7 nitrogen and oxygen atoms in total. The van der Waals surface area contributed by atoms with Crippen LogP contribution in [0.15, 0.2) is 42.6 Å². The van der Waals surface area contributed by atoms with Crippen molar-refractivity contribution in [3.63, 3.8) is 0 Å². The number of aromatic nitrogens is 1. The molecule has 104 valence electrons. The van der Waals surface area contributed by atoms with Crippen LogP contribution in [0.1, 0.15) is 15.9 Å². The van der Waals surface area contributed by atoms with E-state index in [9.17, 15) is 20.0 Å². The second-order valence-electron chi connectivity index (χ2n) is 3.91. The van der Waals surface area contributed by atoms with Gasteiger partial charge in [-0.25, -0.2) is 4.98 Å². The van der Waals surface area contributed by atoms with Gasteiger partial charge in [-0.2, -0.15) is 0 Å². The number of nitro groups is 1. The number of nitrogens with one attached hydrogen (secondary N) is 1. The summed E-state index contributed by atoms with van der Waals surface area (Å²) in [4.78, 5) is 22.6. The van der Waals surface area contributed by atoms with Crippen molar-refractivity contribution in [2.45, 2.75) is 6.92 Å². The number of carbonyl (C=O) groups excluding carboxylic acids is 1. The number of carboxylic acids is 1. The zero-order valence-corrected chi connectivity index (χ0v) is 10.7. The van der Waals surface area contributed by atoms with Gasteiger partial charge in [-0.15, -0.1) is 0 Å². The monoisotopic (exact) mass is 275 g/mol. The number of H-pyrrole nitrogens is 1. The average Bonchev–Trinajstić information content (AvgIpc) is 2.39. The first-order valence-corrected chi connectivity index (χ1v) is 5.60. The number of non-ortho nitro benzene ring substituents is 1. The summed E-state index contributed by atoms with van der Waals surface area (Å²) < 4.78 is 0. The summed E-state index contributed by atoms with van der Waals surface area (Å²) in [6.45, 7) is 2.00. The lowest BCUT2D eigenvalue weighted by Crippen LogP contribution is -2.21. The highest BCUT2D eigenvalue weighted by atomic mass is 16.6. The number of nitrogens with zero attached hydrogens (tertiary/aromatic N) is 1. The van der Waals surface area contributed by atoms with Gasteiger partial charge in [0.15, 0.2) is 0 Å². The Balaban J connectivity index is 0.000000217. The van der Waals surface area contributed by atoms with Crippen molar-refractivity contribution < 1.29 is 19.8 Å². The number of rotatable bonds is 2. The summed E-state index contributed by atoms with van der Waals surface area (Å²) in [5.41, 5.74) is 6.38. The molecule has 2 aromatic rings. The number of nitrogen functional groups attached to an aromatic ring is 1. The van der Waals surface area contributed by atoms with Gasteiger partial charge < -0.3 is 9.90 Å². The van der Waals surface area contributed by atoms with Crippen LogP contribution in [0.25, 0.3) is 0 Å². The van der Waals surface area contributed by atoms with Gasteiger partial charge in [0.2, 0.25) is 0 Å². The molecule has 0 aliphatic heterocycles. The van der Waals surface area contributed by atoms with E-state index in [-0.39, 0.29) is 11.3 Å². The number of anilines is 1. The molecule has 1 aromatic heterocycles. The van der Waals surface area contributed by atoms with Crippen molar-refractivity contribution in [1.29, 1.82) is 0 Å². The Hall–Kier alpha value is -2.96.